The van der Waals surface area contributed by atoms with Gasteiger partial charge in [-0.1, -0.05) is 5.16 Å². The molecule has 0 aliphatic heterocycles. The number of ether oxygens (including phenoxy) is 1. The van der Waals surface area contributed by atoms with Crippen molar-refractivity contribution in [2.75, 3.05) is 5.32 Å². The van der Waals surface area contributed by atoms with Crippen molar-refractivity contribution in [3.05, 3.63) is 35.7 Å². The van der Waals surface area contributed by atoms with E-state index in [1.165, 1.54) is 0 Å². The number of aromatic amines is 1. The van der Waals surface area contributed by atoms with Crippen molar-refractivity contribution < 1.29 is 14.1 Å². The Labute approximate surface area is 126 Å². The molecule has 0 aliphatic carbocycles. The molecule has 3 aromatic rings. The van der Waals surface area contributed by atoms with Gasteiger partial charge in [0.15, 0.2) is 5.82 Å². The summed E-state index contributed by atoms with van der Waals surface area (Å²) in [5, 5.41) is 6.41. The number of fused-ring (bicyclic) bond motifs is 1. The third-order valence-corrected chi connectivity index (χ3v) is 2.97. The number of amides is 1. The first-order valence-corrected chi connectivity index (χ1v) is 6.92. The lowest BCUT2D eigenvalue weighted by Gasteiger charge is -2.08. The Morgan fingerprint density at radius 3 is 2.91 bits per heavy atom. The molecule has 0 spiro atoms. The van der Waals surface area contributed by atoms with E-state index in [4.69, 9.17) is 9.26 Å². The molecule has 0 bridgehead atoms. The number of carbonyl (C=O) groups is 1. The van der Waals surface area contributed by atoms with Crippen molar-refractivity contribution in [3.8, 4) is 5.88 Å². The van der Waals surface area contributed by atoms with E-state index in [1.807, 2.05) is 19.9 Å². The molecule has 22 heavy (non-hydrogen) atoms. The number of nitrogens with zero attached hydrogens (tertiary/aromatic N) is 2. The summed E-state index contributed by atoms with van der Waals surface area (Å²) in [6.45, 7) is 5.60. The molecule has 7 nitrogen and oxygen atoms in total. The smallest absolute Gasteiger partial charge is 0.260 e. The first-order valence-electron chi connectivity index (χ1n) is 6.92. The third kappa shape index (κ3) is 2.78. The number of nitrogens with one attached hydrogen (secondary N) is 2. The number of hydrogen-bond donors (Lipinski definition) is 2. The lowest BCUT2D eigenvalue weighted by Crippen LogP contribution is -2.12. The number of aryl methyl sites for hydroxylation is 1. The van der Waals surface area contributed by atoms with Gasteiger partial charge in [0.25, 0.3) is 5.91 Å². The maximum Gasteiger partial charge on any atom is 0.260 e. The van der Waals surface area contributed by atoms with E-state index in [1.54, 1.807) is 25.3 Å². The molecular formula is C15H16N4O3. The summed E-state index contributed by atoms with van der Waals surface area (Å²) < 4.78 is 10.5. The third-order valence-electron chi connectivity index (χ3n) is 2.97. The zero-order chi connectivity index (χ0) is 15.7. The quantitative estimate of drug-likeness (QED) is 0.772. The highest BCUT2D eigenvalue weighted by molar-refractivity contribution is 6.11. The summed E-state index contributed by atoms with van der Waals surface area (Å²) in [6, 6.07) is 5.24. The SMILES string of the molecule is Cc1cc(NC(=O)c2c[nH]c3ccc(OC(C)C)nc23)no1. The van der Waals surface area contributed by atoms with E-state index < -0.39 is 0 Å². The predicted molar refractivity (Wildman–Crippen MR) is 81.1 cm³/mol. The lowest BCUT2D eigenvalue weighted by molar-refractivity contribution is 0.102. The number of pyridine rings is 1. The molecule has 0 aromatic carbocycles. The highest BCUT2D eigenvalue weighted by Gasteiger charge is 2.16. The van der Waals surface area contributed by atoms with Crippen LogP contribution >= 0.6 is 0 Å². The van der Waals surface area contributed by atoms with Crippen molar-refractivity contribution in [1.29, 1.82) is 0 Å². The summed E-state index contributed by atoms with van der Waals surface area (Å²) in [5.41, 5.74) is 1.73. The maximum atomic E-state index is 12.3. The Kier molecular flexibility index (Phi) is 3.54. The van der Waals surface area contributed by atoms with Gasteiger partial charge in [-0.3, -0.25) is 4.79 Å². The van der Waals surface area contributed by atoms with Gasteiger partial charge in [0.1, 0.15) is 11.3 Å². The summed E-state index contributed by atoms with van der Waals surface area (Å²) >= 11 is 0. The van der Waals surface area contributed by atoms with Crippen LogP contribution in [-0.4, -0.2) is 27.1 Å². The summed E-state index contributed by atoms with van der Waals surface area (Å²) in [6.07, 6.45) is 1.62. The van der Waals surface area contributed by atoms with Gasteiger partial charge in [0.2, 0.25) is 5.88 Å². The molecular weight excluding hydrogens is 284 g/mol. The van der Waals surface area contributed by atoms with Crippen LogP contribution in [0, 0.1) is 6.92 Å². The number of rotatable bonds is 4. The summed E-state index contributed by atoms with van der Waals surface area (Å²) in [5.74, 6) is 1.16. The van der Waals surface area contributed by atoms with E-state index >= 15 is 0 Å². The second kappa shape index (κ2) is 5.51. The Morgan fingerprint density at radius 2 is 2.23 bits per heavy atom. The minimum Gasteiger partial charge on any atom is -0.475 e. The van der Waals surface area contributed by atoms with Gasteiger partial charge in [-0.25, -0.2) is 4.98 Å². The van der Waals surface area contributed by atoms with Crippen LogP contribution in [0.25, 0.3) is 11.0 Å². The largest absolute Gasteiger partial charge is 0.475 e. The molecule has 0 saturated carbocycles. The zero-order valence-electron chi connectivity index (χ0n) is 12.5. The van der Waals surface area contributed by atoms with Crippen molar-refractivity contribution in [2.24, 2.45) is 0 Å². The molecule has 0 radical (unpaired) electrons. The molecule has 3 aromatic heterocycles. The van der Waals surface area contributed by atoms with Gasteiger partial charge in [-0.15, -0.1) is 0 Å². The fraction of sp³-hybridized carbons (Fsp3) is 0.267. The van der Waals surface area contributed by atoms with Crippen LogP contribution < -0.4 is 10.1 Å². The number of aromatic nitrogens is 3. The standard InChI is InChI=1S/C15H16N4O3/c1-8(2)21-13-5-4-11-14(18-13)10(7-16-11)15(20)17-12-6-9(3)22-19-12/h4-8,16H,1-3H3,(H,17,19,20). The van der Waals surface area contributed by atoms with Gasteiger partial charge >= 0.3 is 0 Å². The number of H-pyrrole nitrogens is 1. The van der Waals surface area contributed by atoms with Gasteiger partial charge < -0.3 is 19.6 Å². The highest BCUT2D eigenvalue weighted by atomic mass is 16.5. The summed E-state index contributed by atoms with van der Waals surface area (Å²) in [7, 11) is 0. The van der Waals surface area contributed by atoms with E-state index in [-0.39, 0.29) is 12.0 Å². The predicted octanol–water partition coefficient (Wildman–Crippen LogP) is 2.90. The van der Waals surface area contributed by atoms with Crippen molar-refractivity contribution in [2.45, 2.75) is 26.9 Å². The molecule has 0 aliphatic rings. The van der Waals surface area contributed by atoms with E-state index in [2.05, 4.69) is 20.4 Å². The fourth-order valence-corrected chi connectivity index (χ4v) is 2.07. The number of carbonyl (C=O) groups excluding carboxylic acids is 1. The molecule has 1 amide bonds. The van der Waals surface area contributed by atoms with Crippen molar-refractivity contribution in [1.82, 2.24) is 15.1 Å². The van der Waals surface area contributed by atoms with Crippen molar-refractivity contribution in [3.63, 3.8) is 0 Å². The molecule has 114 valence electrons. The Balaban J connectivity index is 1.90. The molecule has 3 heterocycles. The van der Waals surface area contributed by atoms with Crippen LogP contribution in [0.5, 0.6) is 5.88 Å². The van der Waals surface area contributed by atoms with Gasteiger partial charge in [0, 0.05) is 18.3 Å². The van der Waals surface area contributed by atoms with E-state index in [0.717, 1.165) is 5.52 Å². The fourth-order valence-electron chi connectivity index (χ4n) is 2.07. The Hall–Kier alpha value is -2.83. The topological polar surface area (TPSA) is 93.0 Å². The maximum absolute atomic E-state index is 12.3. The summed E-state index contributed by atoms with van der Waals surface area (Å²) in [4.78, 5) is 19.7. The second-order valence-electron chi connectivity index (χ2n) is 5.19. The van der Waals surface area contributed by atoms with E-state index in [9.17, 15) is 4.79 Å². The Morgan fingerprint density at radius 1 is 1.41 bits per heavy atom. The number of hydrogen-bond acceptors (Lipinski definition) is 5. The van der Waals surface area contributed by atoms with Gasteiger partial charge in [-0.2, -0.15) is 0 Å². The van der Waals surface area contributed by atoms with E-state index in [0.29, 0.717) is 28.5 Å². The Bertz CT molecular complexity index is 819. The van der Waals surface area contributed by atoms with Crippen LogP contribution in [0.1, 0.15) is 30.0 Å². The van der Waals surface area contributed by atoms with Crippen molar-refractivity contribution >= 4 is 22.8 Å². The molecule has 3 rings (SSSR count). The molecule has 0 unspecified atom stereocenters. The molecule has 0 fully saturated rings. The van der Waals surface area contributed by atoms with Gasteiger partial charge in [-0.05, 0) is 26.8 Å². The number of anilines is 1. The minimum atomic E-state index is -0.311. The zero-order valence-corrected chi connectivity index (χ0v) is 12.5. The molecule has 2 N–H and O–H groups in total. The lowest BCUT2D eigenvalue weighted by atomic mass is 10.2. The normalized spacial score (nSPS) is 11.1. The van der Waals surface area contributed by atoms with Crippen LogP contribution in [0.3, 0.4) is 0 Å². The first kappa shape index (κ1) is 14.1. The highest BCUT2D eigenvalue weighted by Crippen LogP contribution is 2.21. The molecule has 0 atom stereocenters. The van der Waals surface area contributed by atoms with Crippen LogP contribution in [0.2, 0.25) is 0 Å². The monoisotopic (exact) mass is 300 g/mol. The van der Waals surface area contributed by atoms with Crippen LogP contribution in [0.15, 0.2) is 28.9 Å². The van der Waals surface area contributed by atoms with Gasteiger partial charge in [0.05, 0.1) is 17.2 Å². The first-order chi connectivity index (χ1) is 10.5. The average Bonchev–Trinajstić information content (AvgIpc) is 3.04. The van der Waals surface area contributed by atoms with Crippen LogP contribution in [-0.2, 0) is 0 Å². The minimum absolute atomic E-state index is 0.0132. The average molecular weight is 300 g/mol. The second-order valence-corrected chi connectivity index (χ2v) is 5.19. The molecule has 7 heteroatoms. The van der Waals surface area contributed by atoms with Crippen LogP contribution in [0.4, 0.5) is 5.82 Å². The molecule has 0 saturated heterocycles.